The SMILES string of the molecule is Cc1nn(C)cc1C(=O)O.[NH-]c1cnc(OCC(F)(F)F)c(-c2ccc(Cl)cc2)c1. The second-order valence-electron chi connectivity index (χ2n) is 6.09. The third-order valence-electron chi connectivity index (χ3n) is 3.62. The van der Waals surface area contributed by atoms with Crippen LogP contribution in [-0.2, 0) is 7.05 Å². The number of carbonyl (C=O) groups is 1. The lowest BCUT2D eigenvalue weighted by Crippen LogP contribution is -2.19. The van der Waals surface area contributed by atoms with Crippen molar-refractivity contribution in [2.45, 2.75) is 13.1 Å². The summed E-state index contributed by atoms with van der Waals surface area (Å²) in [5.41, 5.74) is 9.30. The van der Waals surface area contributed by atoms with Crippen molar-refractivity contribution >= 4 is 23.3 Å². The fourth-order valence-electron chi connectivity index (χ4n) is 2.36. The molecule has 160 valence electrons. The number of benzene rings is 1. The van der Waals surface area contributed by atoms with Crippen molar-refractivity contribution in [2.75, 3.05) is 6.61 Å². The van der Waals surface area contributed by atoms with Crippen LogP contribution in [0.25, 0.3) is 16.9 Å². The van der Waals surface area contributed by atoms with E-state index < -0.39 is 18.8 Å². The Morgan fingerprint density at radius 3 is 2.40 bits per heavy atom. The Morgan fingerprint density at radius 1 is 1.30 bits per heavy atom. The normalized spacial score (nSPS) is 10.9. The molecule has 0 amide bonds. The number of aromatic nitrogens is 3. The summed E-state index contributed by atoms with van der Waals surface area (Å²) in [6, 6.07) is 7.84. The van der Waals surface area contributed by atoms with Gasteiger partial charge < -0.3 is 15.6 Å². The van der Waals surface area contributed by atoms with Gasteiger partial charge in [0.15, 0.2) is 6.61 Å². The Bertz CT molecular complexity index is 1020. The maximum absolute atomic E-state index is 12.2. The smallest absolute Gasteiger partial charge is 0.422 e. The third-order valence-corrected chi connectivity index (χ3v) is 3.87. The molecule has 0 saturated heterocycles. The largest absolute Gasteiger partial charge is 0.697 e. The fourth-order valence-corrected chi connectivity index (χ4v) is 2.49. The Kier molecular flexibility index (Phi) is 7.28. The van der Waals surface area contributed by atoms with Crippen LogP contribution < -0.4 is 4.74 Å². The number of aromatic carboxylic acids is 1. The molecule has 30 heavy (non-hydrogen) atoms. The molecular weight excluding hydrogens is 425 g/mol. The summed E-state index contributed by atoms with van der Waals surface area (Å²) in [5, 5.41) is 12.9. The van der Waals surface area contributed by atoms with Crippen molar-refractivity contribution in [2.24, 2.45) is 7.05 Å². The summed E-state index contributed by atoms with van der Waals surface area (Å²) in [4.78, 5) is 14.1. The first-order valence-corrected chi connectivity index (χ1v) is 8.74. The molecule has 7 nitrogen and oxygen atoms in total. The van der Waals surface area contributed by atoms with Crippen LogP contribution in [0.2, 0.25) is 5.02 Å². The number of nitrogens with zero attached hydrogens (tertiary/aromatic N) is 3. The van der Waals surface area contributed by atoms with Gasteiger partial charge in [0.1, 0.15) is 5.56 Å². The zero-order chi connectivity index (χ0) is 22.5. The van der Waals surface area contributed by atoms with Crippen molar-refractivity contribution in [3.05, 3.63) is 64.7 Å². The summed E-state index contributed by atoms with van der Waals surface area (Å²) in [6.45, 7) is 0.237. The molecule has 0 radical (unpaired) electrons. The first-order chi connectivity index (χ1) is 14.0. The highest BCUT2D eigenvalue weighted by Gasteiger charge is 2.29. The first kappa shape index (κ1) is 23.0. The molecule has 0 spiro atoms. The lowest BCUT2D eigenvalue weighted by Gasteiger charge is -2.14. The number of aryl methyl sites for hydroxylation is 2. The molecular formula is C19H17ClF3N4O3-. The molecule has 2 aromatic heterocycles. The van der Waals surface area contributed by atoms with Gasteiger partial charge in [0.25, 0.3) is 0 Å². The van der Waals surface area contributed by atoms with Crippen molar-refractivity contribution in [3.8, 4) is 17.0 Å². The molecule has 0 saturated carbocycles. The molecule has 1 aromatic carbocycles. The molecule has 0 aliphatic rings. The lowest BCUT2D eigenvalue weighted by atomic mass is 10.1. The second kappa shape index (κ2) is 9.49. The quantitative estimate of drug-likeness (QED) is 0.579. The van der Waals surface area contributed by atoms with Gasteiger partial charge in [-0.2, -0.15) is 18.3 Å². The number of carboxylic acid groups (broad SMARTS) is 1. The monoisotopic (exact) mass is 441 g/mol. The van der Waals surface area contributed by atoms with E-state index in [1.54, 1.807) is 38.2 Å². The number of halogens is 4. The molecule has 0 unspecified atom stereocenters. The maximum atomic E-state index is 12.2. The van der Waals surface area contributed by atoms with Gasteiger partial charge in [-0.3, -0.25) is 4.68 Å². The van der Waals surface area contributed by atoms with Crippen LogP contribution in [0.3, 0.4) is 0 Å². The van der Waals surface area contributed by atoms with Gasteiger partial charge in [-0.25, -0.2) is 9.78 Å². The number of hydrogen-bond donors (Lipinski definition) is 1. The molecule has 0 atom stereocenters. The van der Waals surface area contributed by atoms with E-state index in [1.165, 1.54) is 16.9 Å². The summed E-state index contributed by atoms with van der Waals surface area (Å²) in [5.74, 6) is -1.09. The average molecular weight is 442 g/mol. The van der Waals surface area contributed by atoms with Crippen LogP contribution in [0.5, 0.6) is 5.88 Å². The molecule has 3 rings (SSSR count). The zero-order valence-electron chi connectivity index (χ0n) is 15.9. The van der Waals surface area contributed by atoms with E-state index >= 15 is 0 Å². The van der Waals surface area contributed by atoms with Gasteiger partial charge in [-0.05, 0) is 24.6 Å². The molecule has 11 heteroatoms. The van der Waals surface area contributed by atoms with Gasteiger partial charge in [-0.1, -0.05) is 29.8 Å². The number of pyridine rings is 1. The number of carboxylic acids is 1. The Balaban J connectivity index is 0.000000269. The van der Waals surface area contributed by atoms with E-state index in [-0.39, 0.29) is 17.1 Å². The van der Waals surface area contributed by atoms with Gasteiger partial charge in [-0.15, -0.1) is 5.69 Å². The maximum Gasteiger partial charge on any atom is 0.422 e. The molecule has 0 aliphatic heterocycles. The summed E-state index contributed by atoms with van der Waals surface area (Å²) < 4.78 is 42.8. The average Bonchev–Trinajstić information content (AvgIpc) is 3.00. The second-order valence-corrected chi connectivity index (χ2v) is 6.53. The highest BCUT2D eigenvalue weighted by atomic mass is 35.5. The number of alkyl halides is 3. The zero-order valence-corrected chi connectivity index (χ0v) is 16.6. The van der Waals surface area contributed by atoms with Gasteiger partial charge in [0, 0.05) is 30.0 Å². The molecule has 0 bridgehead atoms. The van der Waals surface area contributed by atoms with E-state index in [4.69, 9.17) is 22.4 Å². The van der Waals surface area contributed by atoms with Crippen molar-refractivity contribution in [1.82, 2.24) is 14.8 Å². The van der Waals surface area contributed by atoms with Crippen LogP contribution in [0.4, 0.5) is 18.9 Å². The van der Waals surface area contributed by atoms with Gasteiger partial charge >= 0.3 is 12.1 Å². The highest BCUT2D eigenvalue weighted by molar-refractivity contribution is 6.30. The van der Waals surface area contributed by atoms with E-state index in [2.05, 4.69) is 14.8 Å². The summed E-state index contributed by atoms with van der Waals surface area (Å²) in [6.07, 6.45) is -1.83. The van der Waals surface area contributed by atoms with Gasteiger partial charge in [0.2, 0.25) is 5.88 Å². The Labute approximate surface area is 174 Å². The van der Waals surface area contributed by atoms with Crippen molar-refractivity contribution < 1.29 is 27.8 Å². The summed E-state index contributed by atoms with van der Waals surface area (Å²) >= 11 is 5.76. The molecule has 0 fully saturated rings. The molecule has 3 aromatic rings. The van der Waals surface area contributed by atoms with Crippen molar-refractivity contribution in [3.63, 3.8) is 0 Å². The minimum absolute atomic E-state index is 0.0781. The van der Waals surface area contributed by atoms with Crippen molar-refractivity contribution in [1.29, 1.82) is 0 Å². The lowest BCUT2D eigenvalue weighted by molar-refractivity contribution is -0.154. The number of ether oxygens (including phenoxy) is 1. The predicted octanol–water partition coefficient (Wildman–Crippen LogP) is 5.45. The topological polar surface area (TPSA) is 101 Å². The minimum atomic E-state index is -4.45. The number of nitrogens with one attached hydrogen (secondary N) is 1. The number of hydrogen-bond acceptors (Lipinski definition) is 4. The van der Waals surface area contributed by atoms with Crippen LogP contribution in [0.1, 0.15) is 16.1 Å². The Hall–Kier alpha value is -3.27. The van der Waals surface area contributed by atoms with E-state index in [9.17, 15) is 18.0 Å². The minimum Gasteiger partial charge on any atom is -0.697 e. The fraction of sp³-hybridized carbons (Fsp3) is 0.211. The molecule has 2 heterocycles. The predicted molar refractivity (Wildman–Crippen MR) is 105 cm³/mol. The molecule has 0 aliphatic carbocycles. The van der Waals surface area contributed by atoms with Crippen LogP contribution in [-0.4, -0.2) is 38.6 Å². The first-order valence-electron chi connectivity index (χ1n) is 8.37. The van der Waals surface area contributed by atoms with E-state index in [1.807, 2.05) is 0 Å². The number of rotatable bonds is 4. The van der Waals surface area contributed by atoms with Crippen LogP contribution in [0, 0.1) is 6.92 Å². The summed E-state index contributed by atoms with van der Waals surface area (Å²) in [7, 11) is 1.69. The van der Waals surface area contributed by atoms with Crippen LogP contribution >= 0.6 is 11.6 Å². The van der Waals surface area contributed by atoms with E-state index in [0.717, 1.165) is 6.20 Å². The molecule has 2 N–H and O–H groups in total. The highest BCUT2D eigenvalue weighted by Crippen LogP contribution is 2.32. The standard InChI is InChI=1S/C13H9ClF3N2O.C6H8N2O2/c14-9-3-1-8(2-4-9)11-5-10(18)6-19-12(11)20-7-13(15,16)17;1-4-5(6(9)10)3-8(2)7-4/h1-6,18H,7H2;3H,1-2H3,(H,9,10)/q-1;. The Morgan fingerprint density at radius 2 is 1.93 bits per heavy atom. The third kappa shape index (κ3) is 6.66. The van der Waals surface area contributed by atoms with E-state index in [0.29, 0.717) is 21.8 Å². The van der Waals surface area contributed by atoms with Gasteiger partial charge in [0.05, 0.1) is 5.69 Å². The van der Waals surface area contributed by atoms with Crippen LogP contribution in [0.15, 0.2) is 42.7 Å².